The van der Waals surface area contributed by atoms with E-state index in [0.717, 1.165) is 0 Å². The smallest absolute Gasteiger partial charge is 0.167 e. The monoisotopic (exact) mass is 217 g/mol. The van der Waals surface area contributed by atoms with Crippen molar-refractivity contribution in [2.24, 2.45) is 0 Å². The Morgan fingerprint density at radius 2 is 2.15 bits per heavy atom. The molecule has 70 valence electrons. The van der Waals surface area contributed by atoms with Gasteiger partial charge in [-0.25, -0.2) is 0 Å². The molecule has 1 aromatic rings. The first-order chi connectivity index (χ1) is 6.16. The molecule has 0 aliphatic heterocycles. The van der Waals surface area contributed by atoms with E-state index in [4.69, 9.17) is 28.9 Å². The lowest BCUT2D eigenvalue weighted by atomic mass is 10.1. The van der Waals surface area contributed by atoms with Crippen molar-refractivity contribution in [1.29, 1.82) is 0 Å². The van der Waals surface area contributed by atoms with Crippen LogP contribution in [0.1, 0.15) is 16.8 Å². The van der Waals surface area contributed by atoms with Gasteiger partial charge in [-0.15, -0.1) is 11.6 Å². The average Bonchev–Trinajstić information content (AvgIpc) is 2.04. The lowest BCUT2D eigenvalue weighted by Crippen LogP contribution is -2.04. The van der Waals surface area contributed by atoms with Gasteiger partial charge in [0, 0.05) is 18.0 Å². The third-order valence-electron chi connectivity index (χ3n) is 1.65. The molecule has 0 spiro atoms. The average molecular weight is 218 g/mol. The number of hydrogen-bond donors (Lipinski definition) is 1. The number of rotatable bonds is 3. The molecule has 0 radical (unpaired) electrons. The second-order valence-corrected chi connectivity index (χ2v) is 3.35. The first kappa shape index (κ1) is 10.4. The number of nitrogens with two attached hydrogens (primary N) is 1. The highest BCUT2D eigenvalue weighted by Crippen LogP contribution is 2.23. The van der Waals surface area contributed by atoms with Crippen molar-refractivity contribution in [2.45, 2.75) is 6.42 Å². The van der Waals surface area contributed by atoms with Crippen LogP contribution in [0.3, 0.4) is 0 Å². The number of Topliss-reactive ketones (excluding diaryl/α,β-unsaturated/α-hetero) is 1. The summed E-state index contributed by atoms with van der Waals surface area (Å²) in [5, 5.41) is 0.384. The second-order valence-electron chi connectivity index (χ2n) is 2.57. The molecule has 0 atom stereocenters. The Balaban J connectivity index is 3.05. The molecule has 0 bridgehead atoms. The van der Waals surface area contributed by atoms with Gasteiger partial charge in [-0.05, 0) is 12.1 Å². The highest BCUT2D eigenvalue weighted by molar-refractivity contribution is 6.35. The van der Waals surface area contributed by atoms with E-state index in [-0.39, 0.29) is 18.1 Å². The van der Waals surface area contributed by atoms with E-state index >= 15 is 0 Å². The van der Waals surface area contributed by atoms with Crippen LogP contribution >= 0.6 is 23.2 Å². The molecule has 0 aliphatic carbocycles. The van der Waals surface area contributed by atoms with E-state index in [0.29, 0.717) is 16.3 Å². The van der Waals surface area contributed by atoms with Gasteiger partial charge < -0.3 is 5.73 Å². The first-order valence-electron chi connectivity index (χ1n) is 3.80. The molecule has 0 heterocycles. The summed E-state index contributed by atoms with van der Waals surface area (Å²) >= 11 is 11.3. The van der Waals surface area contributed by atoms with Gasteiger partial charge in [0.1, 0.15) is 0 Å². The molecule has 0 saturated carbocycles. The Morgan fingerprint density at radius 1 is 1.46 bits per heavy atom. The zero-order valence-corrected chi connectivity index (χ0v) is 8.40. The molecular formula is C9H9Cl2NO. The van der Waals surface area contributed by atoms with Gasteiger partial charge >= 0.3 is 0 Å². The van der Waals surface area contributed by atoms with Crippen LogP contribution < -0.4 is 5.73 Å². The third-order valence-corrected chi connectivity index (χ3v) is 2.15. The molecule has 0 saturated heterocycles. The van der Waals surface area contributed by atoms with Crippen LogP contribution in [0.5, 0.6) is 0 Å². The molecule has 2 nitrogen and oxygen atoms in total. The van der Waals surface area contributed by atoms with E-state index in [1.54, 1.807) is 18.2 Å². The van der Waals surface area contributed by atoms with E-state index in [2.05, 4.69) is 0 Å². The predicted molar refractivity (Wildman–Crippen MR) is 55.5 cm³/mol. The lowest BCUT2D eigenvalue weighted by molar-refractivity contribution is 0.0990. The van der Waals surface area contributed by atoms with E-state index in [1.807, 2.05) is 0 Å². The minimum Gasteiger partial charge on any atom is -0.398 e. The number of alkyl halides is 1. The quantitative estimate of drug-likeness (QED) is 0.481. The summed E-state index contributed by atoms with van der Waals surface area (Å²) in [4.78, 5) is 11.4. The highest BCUT2D eigenvalue weighted by Gasteiger charge is 2.12. The molecular weight excluding hydrogens is 209 g/mol. The number of halogens is 2. The zero-order chi connectivity index (χ0) is 9.84. The predicted octanol–water partition coefficient (Wildman–Crippen LogP) is 2.73. The fourth-order valence-corrected chi connectivity index (χ4v) is 1.50. The Labute approximate surface area is 86.6 Å². The van der Waals surface area contributed by atoms with Crippen molar-refractivity contribution in [2.75, 3.05) is 11.6 Å². The van der Waals surface area contributed by atoms with Crippen molar-refractivity contribution in [3.63, 3.8) is 0 Å². The normalized spacial score (nSPS) is 10.0. The van der Waals surface area contributed by atoms with Crippen LogP contribution in [-0.4, -0.2) is 11.7 Å². The summed E-state index contributed by atoms with van der Waals surface area (Å²) in [7, 11) is 0. The van der Waals surface area contributed by atoms with Crippen LogP contribution in [0.4, 0.5) is 5.69 Å². The van der Waals surface area contributed by atoms with Gasteiger partial charge in [-0.3, -0.25) is 4.79 Å². The zero-order valence-electron chi connectivity index (χ0n) is 6.89. The van der Waals surface area contributed by atoms with Gasteiger partial charge in [0.2, 0.25) is 0 Å². The molecule has 0 aromatic heterocycles. The van der Waals surface area contributed by atoms with Crippen molar-refractivity contribution in [1.82, 2.24) is 0 Å². The Bertz CT molecular complexity index is 305. The summed E-state index contributed by atoms with van der Waals surface area (Å²) in [6.07, 6.45) is 0.259. The first-order valence-corrected chi connectivity index (χ1v) is 4.71. The van der Waals surface area contributed by atoms with Crippen LogP contribution in [0.15, 0.2) is 18.2 Å². The molecule has 1 rings (SSSR count). The van der Waals surface area contributed by atoms with Crippen molar-refractivity contribution in [3.05, 3.63) is 28.8 Å². The Morgan fingerprint density at radius 3 is 2.69 bits per heavy atom. The summed E-state index contributed by atoms with van der Waals surface area (Å²) in [5.41, 5.74) is 6.39. The van der Waals surface area contributed by atoms with Crippen molar-refractivity contribution < 1.29 is 4.79 Å². The molecule has 0 fully saturated rings. The van der Waals surface area contributed by atoms with Crippen molar-refractivity contribution >= 4 is 34.7 Å². The van der Waals surface area contributed by atoms with Crippen LogP contribution in [0.2, 0.25) is 5.02 Å². The minimum atomic E-state index is -0.113. The third kappa shape index (κ3) is 2.36. The standard InChI is InChI=1S/C9H9Cl2NO/c10-5-4-8(13)9-6(11)2-1-3-7(9)12/h1-3H,4-5,12H2. The molecule has 0 amide bonds. The molecule has 2 N–H and O–H groups in total. The number of benzene rings is 1. The summed E-state index contributed by atoms with van der Waals surface area (Å²) < 4.78 is 0. The van der Waals surface area contributed by atoms with Gasteiger partial charge in [0.25, 0.3) is 0 Å². The fraction of sp³-hybridized carbons (Fsp3) is 0.222. The minimum absolute atomic E-state index is 0.113. The molecule has 4 heteroatoms. The van der Waals surface area contributed by atoms with Crippen LogP contribution in [0, 0.1) is 0 Å². The maximum absolute atomic E-state index is 11.4. The molecule has 1 aromatic carbocycles. The number of anilines is 1. The molecule has 13 heavy (non-hydrogen) atoms. The summed E-state index contributed by atoms with van der Waals surface area (Å²) in [6.45, 7) is 0. The maximum Gasteiger partial charge on any atom is 0.167 e. The van der Waals surface area contributed by atoms with E-state index in [9.17, 15) is 4.79 Å². The molecule has 0 unspecified atom stereocenters. The number of hydrogen-bond acceptors (Lipinski definition) is 2. The van der Waals surface area contributed by atoms with Crippen molar-refractivity contribution in [3.8, 4) is 0 Å². The lowest BCUT2D eigenvalue weighted by Gasteiger charge is -2.04. The van der Waals surface area contributed by atoms with E-state index < -0.39 is 0 Å². The van der Waals surface area contributed by atoms with Gasteiger partial charge in [0.05, 0.1) is 10.6 Å². The van der Waals surface area contributed by atoms with Gasteiger partial charge in [0.15, 0.2) is 5.78 Å². The topological polar surface area (TPSA) is 43.1 Å². The maximum atomic E-state index is 11.4. The van der Waals surface area contributed by atoms with E-state index in [1.165, 1.54) is 0 Å². The number of carbonyl (C=O) groups is 1. The Hall–Kier alpha value is -0.730. The van der Waals surface area contributed by atoms with Crippen LogP contribution in [-0.2, 0) is 0 Å². The second kappa shape index (κ2) is 4.49. The fourth-order valence-electron chi connectivity index (χ4n) is 1.05. The molecule has 0 aliphatic rings. The highest BCUT2D eigenvalue weighted by atomic mass is 35.5. The number of carbonyl (C=O) groups excluding carboxylic acids is 1. The SMILES string of the molecule is Nc1cccc(Cl)c1C(=O)CCCl. The number of ketones is 1. The summed E-state index contributed by atoms with van der Waals surface area (Å²) in [6, 6.07) is 4.99. The van der Waals surface area contributed by atoms with Crippen LogP contribution in [0.25, 0.3) is 0 Å². The largest absolute Gasteiger partial charge is 0.398 e. The summed E-state index contributed by atoms with van der Waals surface area (Å²) in [5.74, 6) is 0.168. The number of nitrogen functional groups attached to an aromatic ring is 1. The Kier molecular flexibility index (Phi) is 3.58. The van der Waals surface area contributed by atoms with Gasteiger partial charge in [-0.1, -0.05) is 17.7 Å². The van der Waals surface area contributed by atoms with Gasteiger partial charge in [-0.2, -0.15) is 0 Å².